The molecular formula is C38H45N3O5. The van der Waals surface area contributed by atoms with Crippen LogP contribution in [0.1, 0.15) is 69.8 Å². The predicted molar refractivity (Wildman–Crippen MR) is 183 cm³/mol. The van der Waals surface area contributed by atoms with Crippen LogP contribution >= 0.6 is 0 Å². The van der Waals surface area contributed by atoms with E-state index in [1.807, 2.05) is 95.3 Å². The number of amides is 3. The average molecular weight is 624 g/mol. The molecule has 2 unspecified atom stereocenters. The second kappa shape index (κ2) is 13.6. The Morgan fingerprint density at radius 1 is 0.804 bits per heavy atom. The average Bonchev–Trinajstić information content (AvgIpc) is 2.95. The number of hydrogen-bond donors (Lipinski definition) is 3. The first-order valence-electron chi connectivity index (χ1n) is 15.5. The number of carbonyl (C=O) groups is 3. The van der Waals surface area contributed by atoms with Gasteiger partial charge in [-0.25, -0.2) is 4.79 Å². The summed E-state index contributed by atoms with van der Waals surface area (Å²) < 4.78 is 5.55. The Kier molecular flexibility index (Phi) is 10.1. The zero-order chi connectivity index (χ0) is 33.8. The fraction of sp³-hybridized carbons (Fsp3) is 0.342. The number of fused-ring (bicyclic) bond motifs is 1. The lowest BCUT2D eigenvalue weighted by atomic mass is 9.89. The Hall–Kier alpha value is -4.85. The molecule has 8 nitrogen and oxygen atoms in total. The summed E-state index contributed by atoms with van der Waals surface area (Å²) in [5.74, 6) is -0.743. The molecule has 0 heterocycles. The Labute approximate surface area is 271 Å². The van der Waals surface area contributed by atoms with Crippen LogP contribution in [0.3, 0.4) is 0 Å². The van der Waals surface area contributed by atoms with E-state index < -0.39 is 35.2 Å². The van der Waals surface area contributed by atoms with Gasteiger partial charge in [-0.1, -0.05) is 60.7 Å². The fourth-order valence-electron chi connectivity index (χ4n) is 5.64. The summed E-state index contributed by atoms with van der Waals surface area (Å²) in [5, 5.41) is 17.7. The highest BCUT2D eigenvalue weighted by Gasteiger charge is 2.43. The first-order chi connectivity index (χ1) is 21.5. The van der Waals surface area contributed by atoms with Crippen LogP contribution in [-0.4, -0.2) is 45.1 Å². The fourth-order valence-corrected chi connectivity index (χ4v) is 5.64. The zero-order valence-corrected chi connectivity index (χ0v) is 28.0. The number of phenolic OH excluding ortho intramolecular Hbond substituents is 1. The third-order valence-electron chi connectivity index (χ3n) is 7.66. The number of phenols is 1. The lowest BCUT2D eigenvalue weighted by molar-refractivity contribution is -0.146. The van der Waals surface area contributed by atoms with Crippen LogP contribution in [-0.2, 0) is 20.7 Å². The standard InChI is InChI=1S/C38H45N3O5/c1-24-12-11-13-25(2)32(24)33(34(43)39-29-19-18-27-14-9-10-15-28(27)23-29)41(37(3,4)5)35(44)31(40-36(45)46-38(6,7)8)22-26-16-20-30(42)21-17-26/h9-21,23,31,33,42H,22H2,1-8H3,(H,39,43)(H,40,45). The molecule has 0 saturated carbocycles. The van der Waals surface area contributed by atoms with Gasteiger partial charge in [0.05, 0.1) is 0 Å². The SMILES string of the molecule is Cc1cccc(C)c1C(C(=O)Nc1ccc2ccccc2c1)N(C(=O)C(Cc1ccc(O)cc1)NC(=O)OC(C)(C)C)C(C)(C)C. The van der Waals surface area contributed by atoms with Crippen molar-refractivity contribution in [3.05, 3.63) is 107 Å². The molecule has 242 valence electrons. The Bertz CT molecular complexity index is 1700. The second-order valence-corrected chi connectivity index (χ2v) is 13.7. The van der Waals surface area contributed by atoms with E-state index in [4.69, 9.17) is 4.74 Å². The Morgan fingerprint density at radius 2 is 1.41 bits per heavy atom. The van der Waals surface area contributed by atoms with Crippen molar-refractivity contribution in [3.8, 4) is 5.75 Å². The molecule has 4 aromatic carbocycles. The minimum atomic E-state index is -1.08. The number of alkyl carbamates (subject to hydrolysis) is 1. The summed E-state index contributed by atoms with van der Waals surface area (Å²) in [6.45, 7) is 14.7. The number of ether oxygens (including phenoxy) is 1. The largest absolute Gasteiger partial charge is 0.508 e. The Balaban J connectivity index is 1.82. The molecule has 0 aromatic heterocycles. The molecule has 4 rings (SSSR count). The Morgan fingerprint density at radius 3 is 2.00 bits per heavy atom. The molecule has 0 aliphatic carbocycles. The number of rotatable bonds is 8. The second-order valence-electron chi connectivity index (χ2n) is 13.7. The lowest BCUT2D eigenvalue weighted by Gasteiger charge is -2.43. The molecule has 8 heteroatoms. The predicted octanol–water partition coefficient (Wildman–Crippen LogP) is 7.61. The molecule has 0 aliphatic rings. The number of carbonyl (C=O) groups excluding carboxylic acids is 3. The van der Waals surface area contributed by atoms with Crippen molar-refractivity contribution in [1.29, 1.82) is 0 Å². The van der Waals surface area contributed by atoms with Gasteiger partial charge >= 0.3 is 6.09 Å². The number of nitrogens with zero attached hydrogens (tertiary/aromatic N) is 1. The molecule has 0 spiro atoms. The van der Waals surface area contributed by atoms with Gasteiger partial charge in [0.1, 0.15) is 23.4 Å². The van der Waals surface area contributed by atoms with Gasteiger partial charge in [-0.3, -0.25) is 9.59 Å². The van der Waals surface area contributed by atoms with E-state index in [9.17, 15) is 19.5 Å². The van der Waals surface area contributed by atoms with Crippen LogP contribution in [0.2, 0.25) is 0 Å². The topological polar surface area (TPSA) is 108 Å². The van der Waals surface area contributed by atoms with E-state index >= 15 is 0 Å². The highest BCUT2D eigenvalue weighted by Crippen LogP contribution is 2.35. The summed E-state index contributed by atoms with van der Waals surface area (Å²) in [6.07, 6.45) is -0.640. The van der Waals surface area contributed by atoms with Gasteiger partial charge in [0.15, 0.2) is 0 Å². The number of nitrogens with one attached hydrogen (secondary N) is 2. The third kappa shape index (κ3) is 8.44. The number of anilines is 1. The summed E-state index contributed by atoms with van der Waals surface area (Å²) >= 11 is 0. The van der Waals surface area contributed by atoms with Crippen molar-refractivity contribution in [2.24, 2.45) is 0 Å². The minimum Gasteiger partial charge on any atom is -0.508 e. The summed E-state index contributed by atoms with van der Waals surface area (Å²) in [6, 6.07) is 23.7. The van der Waals surface area contributed by atoms with E-state index in [-0.39, 0.29) is 18.1 Å². The molecule has 2 atom stereocenters. The minimum absolute atomic E-state index is 0.0866. The van der Waals surface area contributed by atoms with Crippen molar-refractivity contribution in [2.45, 2.75) is 85.0 Å². The number of benzene rings is 4. The van der Waals surface area contributed by atoms with Crippen LogP contribution in [0.25, 0.3) is 10.8 Å². The van der Waals surface area contributed by atoms with Gasteiger partial charge in [0.25, 0.3) is 5.91 Å². The first-order valence-corrected chi connectivity index (χ1v) is 15.5. The number of aryl methyl sites for hydroxylation is 2. The van der Waals surface area contributed by atoms with E-state index in [1.165, 1.54) is 12.1 Å². The van der Waals surface area contributed by atoms with Crippen molar-refractivity contribution < 1.29 is 24.2 Å². The molecular weight excluding hydrogens is 578 g/mol. The van der Waals surface area contributed by atoms with Crippen LogP contribution < -0.4 is 10.6 Å². The van der Waals surface area contributed by atoms with Gasteiger partial charge in [0.2, 0.25) is 5.91 Å². The maximum absolute atomic E-state index is 14.9. The molecule has 3 amide bonds. The lowest BCUT2D eigenvalue weighted by Crippen LogP contribution is -2.58. The van der Waals surface area contributed by atoms with Crippen molar-refractivity contribution in [3.63, 3.8) is 0 Å². The molecule has 3 N–H and O–H groups in total. The summed E-state index contributed by atoms with van der Waals surface area (Å²) in [4.78, 5) is 44.1. The molecule has 0 fully saturated rings. The van der Waals surface area contributed by atoms with Gasteiger partial charge < -0.3 is 25.4 Å². The van der Waals surface area contributed by atoms with Crippen molar-refractivity contribution >= 4 is 34.4 Å². The van der Waals surface area contributed by atoms with Crippen LogP contribution in [0.4, 0.5) is 10.5 Å². The van der Waals surface area contributed by atoms with E-state index in [2.05, 4.69) is 10.6 Å². The van der Waals surface area contributed by atoms with E-state index in [1.54, 1.807) is 37.8 Å². The molecule has 46 heavy (non-hydrogen) atoms. The molecule has 0 radical (unpaired) electrons. The molecule has 0 saturated heterocycles. The zero-order valence-electron chi connectivity index (χ0n) is 28.0. The van der Waals surface area contributed by atoms with Crippen LogP contribution in [0.5, 0.6) is 5.75 Å². The molecule has 0 bridgehead atoms. The third-order valence-corrected chi connectivity index (χ3v) is 7.66. The van der Waals surface area contributed by atoms with Gasteiger partial charge in [0, 0.05) is 17.6 Å². The smallest absolute Gasteiger partial charge is 0.408 e. The summed E-state index contributed by atoms with van der Waals surface area (Å²) in [7, 11) is 0. The van der Waals surface area contributed by atoms with Crippen LogP contribution in [0.15, 0.2) is 84.9 Å². The monoisotopic (exact) mass is 623 g/mol. The highest BCUT2D eigenvalue weighted by molar-refractivity contribution is 6.01. The number of hydrogen-bond acceptors (Lipinski definition) is 5. The van der Waals surface area contributed by atoms with E-state index in [0.717, 1.165) is 21.9 Å². The molecule has 4 aromatic rings. The molecule has 0 aliphatic heterocycles. The van der Waals surface area contributed by atoms with Gasteiger partial charge in [-0.2, -0.15) is 0 Å². The van der Waals surface area contributed by atoms with Crippen molar-refractivity contribution in [1.82, 2.24) is 10.2 Å². The van der Waals surface area contributed by atoms with Crippen LogP contribution in [0, 0.1) is 13.8 Å². The maximum atomic E-state index is 14.9. The van der Waals surface area contributed by atoms with Crippen molar-refractivity contribution in [2.75, 3.05) is 5.32 Å². The van der Waals surface area contributed by atoms with Gasteiger partial charge in [-0.15, -0.1) is 0 Å². The normalized spacial score (nSPS) is 13.0. The first kappa shape index (κ1) is 34.0. The quantitative estimate of drug-likeness (QED) is 0.187. The van der Waals surface area contributed by atoms with Gasteiger partial charge in [-0.05, 0) is 113 Å². The summed E-state index contributed by atoms with van der Waals surface area (Å²) in [5.41, 5.74) is 2.09. The van der Waals surface area contributed by atoms with E-state index in [0.29, 0.717) is 16.8 Å². The maximum Gasteiger partial charge on any atom is 0.408 e. The number of aromatic hydroxyl groups is 1. The highest BCUT2D eigenvalue weighted by atomic mass is 16.6.